The molecule has 0 radical (unpaired) electrons. The van der Waals surface area contributed by atoms with Crippen LogP contribution in [-0.2, 0) is 4.79 Å². The van der Waals surface area contributed by atoms with Gasteiger partial charge < -0.3 is 14.8 Å². The zero-order valence-electron chi connectivity index (χ0n) is 14.1. The second-order valence-electron chi connectivity index (χ2n) is 5.44. The fourth-order valence-corrected chi connectivity index (χ4v) is 2.50. The number of rotatable bonds is 8. The molecule has 0 heterocycles. The Bertz CT molecular complexity index is 708. The summed E-state index contributed by atoms with van der Waals surface area (Å²) < 4.78 is 10.7. The number of nitrogens with zero attached hydrogens (tertiary/aromatic N) is 1. The molecule has 1 amide bonds. The summed E-state index contributed by atoms with van der Waals surface area (Å²) in [6, 6.07) is 12.3. The molecule has 0 saturated carbocycles. The van der Waals surface area contributed by atoms with Crippen LogP contribution in [0.4, 0.5) is 5.69 Å². The molecule has 134 valence electrons. The number of hydrogen-bond acceptors (Lipinski definition) is 4. The minimum atomic E-state index is -0.129. The van der Waals surface area contributed by atoms with E-state index in [4.69, 9.17) is 32.7 Å². The topological polar surface area (TPSA) is 50.8 Å². The molecule has 1 N–H and O–H groups in total. The van der Waals surface area contributed by atoms with Crippen molar-refractivity contribution in [3.05, 3.63) is 52.5 Å². The summed E-state index contributed by atoms with van der Waals surface area (Å²) in [5.41, 5.74) is 0.626. The fraction of sp³-hybridized carbons (Fsp3) is 0.278. The van der Waals surface area contributed by atoms with Gasteiger partial charge >= 0.3 is 0 Å². The van der Waals surface area contributed by atoms with Gasteiger partial charge in [0.25, 0.3) is 0 Å². The van der Waals surface area contributed by atoms with Gasteiger partial charge in [0.05, 0.1) is 18.7 Å². The Labute approximate surface area is 157 Å². The zero-order chi connectivity index (χ0) is 18.2. The molecule has 2 aromatic rings. The van der Waals surface area contributed by atoms with Gasteiger partial charge in [-0.15, -0.1) is 0 Å². The first-order valence-electron chi connectivity index (χ1n) is 7.68. The molecule has 25 heavy (non-hydrogen) atoms. The molecule has 2 rings (SSSR count). The summed E-state index contributed by atoms with van der Waals surface area (Å²) in [4.78, 5) is 13.9. The van der Waals surface area contributed by atoms with Crippen molar-refractivity contribution in [3.8, 4) is 11.5 Å². The normalized spacial score (nSPS) is 10.6. The van der Waals surface area contributed by atoms with Crippen molar-refractivity contribution in [2.45, 2.75) is 0 Å². The molecule has 0 aliphatic heterocycles. The average Bonchev–Trinajstić information content (AvgIpc) is 2.56. The molecule has 0 aromatic heterocycles. The molecule has 0 unspecified atom stereocenters. The Morgan fingerprint density at radius 1 is 1.16 bits per heavy atom. The van der Waals surface area contributed by atoms with Crippen LogP contribution in [0.3, 0.4) is 0 Å². The standard InChI is InChI=1S/C18H20Cl2N2O3/c1-22(9-10-25-15-6-3-13(19)4-7-15)12-18(23)21-14-5-8-17(24-2)16(20)11-14/h3-8,11H,9-10,12H2,1-2H3,(H,21,23). The van der Waals surface area contributed by atoms with E-state index in [0.717, 1.165) is 5.75 Å². The lowest BCUT2D eigenvalue weighted by atomic mass is 10.3. The maximum atomic E-state index is 12.1. The van der Waals surface area contributed by atoms with Crippen LogP contribution in [0, 0.1) is 0 Å². The van der Waals surface area contributed by atoms with Gasteiger partial charge in [0.15, 0.2) is 0 Å². The van der Waals surface area contributed by atoms with E-state index in [-0.39, 0.29) is 12.5 Å². The number of carbonyl (C=O) groups excluding carboxylic acids is 1. The first-order valence-corrected chi connectivity index (χ1v) is 8.44. The maximum absolute atomic E-state index is 12.1. The molecule has 5 nitrogen and oxygen atoms in total. The SMILES string of the molecule is COc1ccc(NC(=O)CN(C)CCOc2ccc(Cl)cc2)cc1Cl. The highest BCUT2D eigenvalue weighted by atomic mass is 35.5. The van der Waals surface area contributed by atoms with Crippen LogP contribution in [0.25, 0.3) is 0 Å². The first-order chi connectivity index (χ1) is 12.0. The predicted octanol–water partition coefficient (Wildman–Crippen LogP) is 3.95. The molecule has 7 heteroatoms. The number of ether oxygens (including phenoxy) is 2. The van der Waals surface area contributed by atoms with E-state index in [2.05, 4.69) is 5.32 Å². The largest absolute Gasteiger partial charge is 0.495 e. The molecule has 0 aliphatic rings. The van der Waals surface area contributed by atoms with Crippen LogP contribution in [0.2, 0.25) is 10.0 Å². The van der Waals surface area contributed by atoms with E-state index in [1.807, 2.05) is 24.1 Å². The molecule has 0 aliphatic carbocycles. The number of anilines is 1. The molecule has 0 bridgehead atoms. The molecule has 0 atom stereocenters. The smallest absolute Gasteiger partial charge is 0.238 e. The lowest BCUT2D eigenvalue weighted by Crippen LogP contribution is -2.33. The third-order valence-electron chi connectivity index (χ3n) is 3.40. The molecular formula is C18H20Cl2N2O3. The fourth-order valence-electron chi connectivity index (χ4n) is 2.12. The van der Waals surface area contributed by atoms with Crippen LogP contribution >= 0.6 is 23.2 Å². The molecule has 2 aromatic carbocycles. The number of hydrogen-bond donors (Lipinski definition) is 1. The second kappa shape index (κ2) is 9.51. The van der Waals surface area contributed by atoms with E-state index < -0.39 is 0 Å². The number of amides is 1. The van der Waals surface area contributed by atoms with Gasteiger partial charge in [0.1, 0.15) is 18.1 Å². The minimum absolute atomic E-state index is 0.129. The lowest BCUT2D eigenvalue weighted by molar-refractivity contribution is -0.117. The van der Waals surface area contributed by atoms with E-state index in [1.165, 1.54) is 0 Å². The van der Waals surface area contributed by atoms with Crippen molar-refractivity contribution in [1.29, 1.82) is 0 Å². The van der Waals surface area contributed by atoms with Crippen molar-refractivity contribution < 1.29 is 14.3 Å². The Balaban J connectivity index is 1.74. The highest BCUT2D eigenvalue weighted by molar-refractivity contribution is 6.32. The van der Waals surface area contributed by atoms with E-state index >= 15 is 0 Å². The van der Waals surface area contributed by atoms with Gasteiger partial charge in [0.2, 0.25) is 5.91 Å². The number of carbonyl (C=O) groups is 1. The van der Waals surface area contributed by atoms with Crippen LogP contribution in [0.15, 0.2) is 42.5 Å². The number of nitrogens with one attached hydrogen (secondary N) is 1. The van der Waals surface area contributed by atoms with Crippen LogP contribution in [0.5, 0.6) is 11.5 Å². The third kappa shape index (κ3) is 6.46. The maximum Gasteiger partial charge on any atom is 0.238 e. The Hall–Kier alpha value is -1.95. The van der Waals surface area contributed by atoms with Gasteiger partial charge in [-0.05, 0) is 49.5 Å². The number of methoxy groups -OCH3 is 1. The zero-order valence-corrected chi connectivity index (χ0v) is 15.6. The van der Waals surface area contributed by atoms with Crippen molar-refractivity contribution in [3.63, 3.8) is 0 Å². The predicted molar refractivity (Wildman–Crippen MR) is 101 cm³/mol. The quantitative estimate of drug-likeness (QED) is 0.750. The van der Waals surface area contributed by atoms with Crippen LogP contribution in [-0.4, -0.2) is 44.7 Å². The van der Waals surface area contributed by atoms with Gasteiger partial charge in [-0.25, -0.2) is 0 Å². The highest BCUT2D eigenvalue weighted by Gasteiger charge is 2.09. The minimum Gasteiger partial charge on any atom is -0.495 e. The van der Waals surface area contributed by atoms with Crippen molar-refractivity contribution in [1.82, 2.24) is 4.90 Å². The number of benzene rings is 2. The average molecular weight is 383 g/mol. The van der Waals surface area contributed by atoms with Crippen molar-refractivity contribution >= 4 is 34.8 Å². The van der Waals surface area contributed by atoms with Crippen molar-refractivity contribution in [2.75, 3.05) is 39.2 Å². The van der Waals surface area contributed by atoms with E-state index in [9.17, 15) is 4.79 Å². The summed E-state index contributed by atoms with van der Waals surface area (Å²) in [7, 11) is 3.40. The molecular weight excluding hydrogens is 363 g/mol. The highest BCUT2D eigenvalue weighted by Crippen LogP contribution is 2.27. The first kappa shape index (κ1) is 19.4. The summed E-state index contributed by atoms with van der Waals surface area (Å²) in [5, 5.41) is 3.92. The van der Waals surface area contributed by atoms with Crippen molar-refractivity contribution in [2.24, 2.45) is 0 Å². The molecule has 0 saturated heterocycles. The Morgan fingerprint density at radius 3 is 2.52 bits per heavy atom. The van der Waals surface area contributed by atoms with E-state index in [1.54, 1.807) is 37.4 Å². The molecule has 0 fully saturated rings. The van der Waals surface area contributed by atoms with Crippen LogP contribution in [0.1, 0.15) is 0 Å². The van der Waals surface area contributed by atoms with Gasteiger partial charge in [0, 0.05) is 17.3 Å². The number of likely N-dealkylation sites (N-methyl/N-ethyl adjacent to an activating group) is 1. The monoisotopic (exact) mass is 382 g/mol. The molecule has 0 spiro atoms. The van der Waals surface area contributed by atoms with Gasteiger partial charge in [-0.3, -0.25) is 9.69 Å². The van der Waals surface area contributed by atoms with Gasteiger partial charge in [-0.2, -0.15) is 0 Å². The lowest BCUT2D eigenvalue weighted by Gasteiger charge is -2.17. The summed E-state index contributed by atoms with van der Waals surface area (Å²) >= 11 is 11.9. The third-order valence-corrected chi connectivity index (χ3v) is 3.95. The summed E-state index contributed by atoms with van der Waals surface area (Å²) in [6.07, 6.45) is 0. The van der Waals surface area contributed by atoms with Crippen LogP contribution < -0.4 is 14.8 Å². The summed E-state index contributed by atoms with van der Waals surface area (Å²) in [5.74, 6) is 1.18. The second-order valence-corrected chi connectivity index (χ2v) is 6.28. The summed E-state index contributed by atoms with van der Waals surface area (Å²) in [6.45, 7) is 1.33. The Kier molecular flexibility index (Phi) is 7.37. The van der Waals surface area contributed by atoms with E-state index in [0.29, 0.717) is 34.6 Å². The number of halogens is 2. The van der Waals surface area contributed by atoms with Gasteiger partial charge in [-0.1, -0.05) is 23.2 Å². The Morgan fingerprint density at radius 2 is 1.88 bits per heavy atom.